The molecule has 1 aromatic rings. The van der Waals surface area contributed by atoms with Gasteiger partial charge in [0.1, 0.15) is 0 Å². The highest BCUT2D eigenvalue weighted by molar-refractivity contribution is 9.10. The molecular formula is C14H16BrNO. The van der Waals surface area contributed by atoms with Crippen LogP contribution in [0.1, 0.15) is 36.4 Å². The largest absolute Gasteiger partial charge is 0.335 e. The molecule has 2 nitrogen and oxygen atoms in total. The normalized spacial score (nSPS) is 28.3. The number of rotatable bonds is 1. The van der Waals surface area contributed by atoms with Gasteiger partial charge in [-0.2, -0.15) is 0 Å². The fourth-order valence-corrected chi connectivity index (χ4v) is 3.50. The number of nitrogens with zero attached hydrogens (tertiary/aromatic N) is 1. The summed E-state index contributed by atoms with van der Waals surface area (Å²) in [5.41, 5.74) is 2.79. The third-order valence-electron chi connectivity index (χ3n) is 3.89. The highest BCUT2D eigenvalue weighted by atomic mass is 79.9. The molecule has 1 aromatic carbocycles. The molecule has 0 bridgehead atoms. The summed E-state index contributed by atoms with van der Waals surface area (Å²) >= 11 is 3.46. The van der Waals surface area contributed by atoms with E-state index >= 15 is 0 Å². The van der Waals surface area contributed by atoms with E-state index in [0.717, 1.165) is 25.8 Å². The number of fused-ring (bicyclic) bond motifs is 1. The van der Waals surface area contributed by atoms with Crippen molar-refractivity contribution in [3.05, 3.63) is 35.4 Å². The molecular weight excluding hydrogens is 278 g/mol. The van der Waals surface area contributed by atoms with Crippen LogP contribution in [-0.4, -0.2) is 22.2 Å². The summed E-state index contributed by atoms with van der Waals surface area (Å²) in [7, 11) is 0. The van der Waals surface area contributed by atoms with Crippen molar-refractivity contribution in [1.82, 2.24) is 4.90 Å². The smallest absolute Gasteiger partial charge is 0.236 e. The van der Waals surface area contributed by atoms with Crippen molar-refractivity contribution in [2.24, 2.45) is 0 Å². The highest BCUT2D eigenvalue weighted by Crippen LogP contribution is 2.37. The topological polar surface area (TPSA) is 20.3 Å². The van der Waals surface area contributed by atoms with E-state index in [0.29, 0.717) is 6.04 Å². The lowest BCUT2D eigenvalue weighted by Crippen LogP contribution is -2.34. The van der Waals surface area contributed by atoms with Gasteiger partial charge in [0.2, 0.25) is 5.91 Å². The summed E-state index contributed by atoms with van der Waals surface area (Å²) in [5.74, 6) is 0.270. The van der Waals surface area contributed by atoms with E-state index in [-0.39, 0.29) is 10.7 Å². The fraction of sp³-hybridized carbons (Fsp3) is 0.500. The van der Waals surface area contributed by atoms with Crippen LogP contribution in [0.4, 0.5) is 0 Å². The first-order valence-corrected chi connectivity index (χ1v) is 7.21. The highest BCUT2D eigenvalue weighted by Gasteiger charge is 2.36. The third-order valence-corrected chi connectivity index (χ3v) is 4.74. The van der Waals surface area contributed by atoms with Gasteiger partial charge >= 0.3 is 0 Å². The van der Waals surface area contributed by atoms with Crippen LogP contribution in [0.3, 0.4) is 0 Å². The van der Waals surface area contributed by atoms with Crippen molar-refractivity contribution < 1.29 is 4.79 Å². The van der Waals surface area contributed by atoms with Crippen LogP contribution in [0.5, 0.6) is 0 Å². The maximum Gasteiger partial charge on any atom is 0.236 e. The summed E-state index contributed by atoms with van der Waals surface area (Å²) in [6.45, 7) is 0.897. The summed E-state index contributed by atoms with van der Waals surface area (Å²) in [5, 5.41) is 0. The van der Waals surface area contributed by atoms with Gasteiger partial charge in [0.15, 0.2) is 0 Å². The molecule has 3 heteroatoms. The molecule has 1 aliphatic heterocycles. The SMILES string of the molecule is O=C1[C@@H](Br)CCN1[C@@H]1CCCc2ccccc21. The Hall–Kier alpha value is -0.830. The molecule has 0 unspecified atom stereocenters. The second-order valence-electron chi connectivity index (χ2n) is 4.89. The number of carbonyl (C=O) groups is 1. The molecule has 17 heavy (non-hydrogen) atoms. The number of alkyl halides is 1. The second-order valence-corrected chi connectivity index (χ2v) is 6.00. The number of carbonyl (C=O) groups excluding carboxylic acids is 1. The first kappa shape index (κ1) is 11.3. The Balaban J connectivity index is 1.93. The van der Waals surface area contributed by atoms with Crippen LogP contribution in [0, 0.1) is 0 Å². The summed E-state index contributed by atoms with van der Waals surface area (Å²) in [6.07, 6.45) is 4.41. The number of aryl methyl sites for hydroxylation is 1. The Kier molecular flexibility index (Phi) is 2.95. The molecule has 2 atom stereocenters. The summed E-state index contributed by atoms with van der Waals surface area (Å²) in [6, 6.07) is 8.89. The number of amides is 1. The predicted octanol–water partition coefficient (Wildman–Crippen LogP) is 3.06. The summed E-state index contributed by atoms with van der Waals surface area (Å²) < 4.78 is 0. The quantitative estimate of drug-likeness (QED) is 0.729. The predicted molar refractivity (Wildman–Crippen MR) is 71.2 cm³/mol. The molecule has 3 rings (SSSR count). The van der Waals surface area contributed by atoms with Crippen LogP contribution < -0.4 is 0 Å². The van der Waals surface area contributed by atoms with Crippen molar-refractivity contribution in [2.45, 2.75) is 36.6 Å². The third kappa shape index (κ3) is 1.90. The van der Waals surface area contributed by atoms with Crippen LogP contribution in [-0.2, 0) is 11.2 Å². The van der Waals surface area contributed by atoms with Gasteiger partial charge in [0.05, 0.1) is 10.9 Å². The molecule has 1 heterocycles. The first-order valence-electron chi connectivity index (χ1n) is 6.30. The number of benzene rings is 1. The number of hydrogen-bond donors (Lipinski definition) is 0. The van der Waals surface area contributed by atoms with Gasteiger partial charge in [-0.05, 0) is 36.8 Å². The Bertz CT molecular complexity index is 446. The minimum Gasteiger partial charge on any atom is -0.335 e. The molecule has 0 aromatic heterocycles. The molecule has 90 valence electrons. The monoisotopic (exact) mass is 293 g/mol. The number of likely N-dealkylation sites (tertiary alicyclic amines) is 1. The van der Waals surface area contributed by atoms with Crippen LogP contribution in [0.2, 0.25) is 0 Å². The first-order chi connectivity index (χ1) is 8.27. The van der Waals surface area contributed by atoms with E-state index in [9.17, 15) is 4.79 Å². The molecule has 0 spiro atoms. The van der Waals surface area contributed by atoms with Crippen molar-refractivity contribution in [2.75, 3.05) is 6.54 Å². The lowest BCUT2D eigenvalue weighted by atomic mass is 9.87. The molecule has 1 saturated heterocycles. The molecule has 0 saturated carbocycles. The van der Waals surface area contributed by atoms with Crippen LogP contribution in [0.25, 0.3) is 0 Å². The lowest BCUT2D eigenvalue weighted by Gasteiger charge is -2.33. The molecule has 1 fully saturated rings. The van der Waals surface area contributed by atoms with Crippen molar-refractivity contribution in [1.29, 1.82) is 0 Å². The number of hydrogen-bond acceptors (Lipinski definition) is 1. The van der Waals surface area contributed by atoms with Gasteiger partial charge in [0, 0.05) is 6.54 Å². The van der Waals surface area contributed by atoms with Gasteiger partial charge in [-0.1, -0.05) is 40.2 Å². The number of halogens is 1. The van der Waals surface area contributed by atoms with Gasteiger partial charge in [0.25, 0.3) is 0 Å². The van der Waals surface area contributed by atoms with E-state index in [1.165, 1.54) is 17.5 Å². The molecule has 0 N–H and O–H groups in total. The molecule has 1 amide bonds. The van der Waals surface area contributed by atoms with Crippen molar-refractivity contribution in [3.8, 4) is 0 Å². The van der Waals surface area contributed by atoms with E-state index < -0.39 is 0 Å². The molecule has 1 aliphatic carbocycles. The molecule has 2 aliphatic rings. The molecule has 0 radical (unpaired) electrons. The van der Waals surface area contributed by atoms with Crippen molar-refractivity contribution >= 4 is 21.8 Å². The van der Waals surface area contributed by atoms with Crippen LogP contribution in [0.15, 0.2) is 24.3 Å². The Morgan fingerprint density at radius 2 is 2.06 bits per heavy atom. The Labute approximate surface area is 110 Å². The lowest BCUT2D eigenvalue weighted by molar-refractivity contribution is -0.129. The zero-order chi connectivity index (χ0) is 11.8. The van der Waals surface area contributed by atoms with Gasteiger partial charge in [-0.3, -0.25) is 4.79 Å². The summed E-state index contributed by atoms with van der Waals surface area (Å²) in [4.78, 5) is 14.2. The van der Waals surface area contributed by atoms with Crippen molar-refractivity contribution in [3.63, 3.8) is 0 Å². The maximum atomic E-state index is 12.1. The average Bonchev–Trinajstić information content (AvgIpc) is 2.69. The Morgan fingerprint density at radius 1 is 1.24 bits per heavy atom. The minimum absolute atomic E-state index is 0.0385. The fourth-order valence-electron chi connectivity index (χ4n) is 3.03. The van der Waals surface area contributed by atoms with Gasteiger partial charge in [-0.25, -0.2) is 0 Å². The standard InChI is InChI=1S/C14H16BrNO/c15-12-8-9-16(14(12)17)13-7-3-5-10-4-1-2-6-11(10)13/h1-2,4,6,12-13H,3,5,7-9H2/t12-,13+/m0/s1. The average molecular weight is 294 g/mol. The van der Waals surface area contributed by atoms with E-state index in [2.05, 4.69) is 45.1 Å². The Morgan fingerprint density at radius 3 is 2.82 bits per heavy atom. The van der Waals surface area contributed by atoms with E-state index in [4.69, 9.17) is 0 Å². The zero-order valence-corrected chi connectivity index (χ0v) is 11.3. The van der Waals surface area contributed by atoms with Gasteiger partial charge < -0.3 is 4.90 Å². The zero-order valence-electron chi connectivity index (χ0n) is 9.73. The van der Waals surface area contributed by atoms with E-state index in [1.54, 1.807) is 0 Å². The minimum atomic E-state index is 0.0385. The van der Waals surface area contributed by atoms with E-state index in [1.807, 2.05) is 0 Å². The second kappa shape index (κ2) is 4.45. The maximum absolute atomic E-state index is 12.1. The van der Waals surface area contributed by atoms with Gasteiger partial charge in [-0.15, -0.1) is 0 Å². The van der Waals surface area contributed by atoms with Crippen LogP contribution >= 0.6 is 15.9 Å².